The van der Waals surface area contributed by atoms with Crippen LogP contribution in [0.15, 0.2) is 29.2 Å². The van der Waals surface area contributed by atoms with Gasteiger partial charge in [-0.15, -0.1) is 12.4 Å². The molecule has 2 N–H and O–H groups in total. The molecule has 0 fully saturated rings. The van der Waals surface area contributed by atoms with E-state index in [4.69, 9.17) is 4.74 Å². The van der Waals surface area contributed by atoms with E-state index in [2.05, 4.69) is 10.0 Å². The average Bonchev–Trinajstić information content (AvgIpc) is 2.52. The maximum absolute atomic E-state index is 12.0. The quantitative estimate of drug-likeness (QED) is 0.533. The summed E-state index contributed by atoms with van der Waals surface area (Å²) in [6.45, 7) is 2.72. The molecule has 0 aromatic heterocycles. The summed E-state index contributed by atoms with van der Waals surface area (Å²) in [4.78, 5) is 0.149. The van der Waals surface area contributed by atoms with Crippen molar-refractivity contribution < 1.29 is 21.6 Å². The van der Waals surface area contributed by atoms with Crippen LogP contribution in [-0.4, -0.2) is 55.1 Å². The Morgan fingerprint density at radius 1 is 1.04 bits per heavy atom. The van der Waals surface area contributed by atoms with Gasteiger partial charge in [-0.25, -0.2) is 21.6 Å². The van der Waals surface area contributed by atoms with Crippen molar-refractivity contribution in [3.8, 4) is 5.75 Å². The fourth-order valence-electron chi connectivity index (χ4n) is 1.70. The molecule has 24 heavy (non-hydrogen) atoms. The average molecular weight is 401 g/mol. The Morgan fingerprint density at radius 3 is 2.21 bits per heavy atom. The smallest absolute Gasteiger partial charge is 0.240 e. The van der Waals surface area contributed by atoms with Gasteiger partial charge in [-0.3, -0.25) is 0 Å². The lowest BCUT2D eigenvalue weighted by molar-refractivity contribution is 0.340. The summed E-state index contributed by atoms with van der Waals surface area (Å²) in [7, 11) is -4.80. The van der Waals surface area contributed by atoms with Crippen LogP contribution in [0.2, 0.25) is 0 Å². The van der Waals surface area contributed by atoms with Crippen molar-refractivity contribution in [3.05, 3.63) is 24.3 Å². The lowest BCUT2D eigenvalue weighted by Gasteiger charge is -2.09. The highest BCUT2D eigenvalue weighted by molar-refractivity contribution is 7.91. The Kier molecular flexibility index (Phi) is 10.5. The molecule has 0 radical (unpaired) electrons. The number of sulfone groups is 1. The van der Waals surface area contributed by atoms with E-state index in [1.807, 2.05) is 0 Å². The van der Waals surface area contributed by atoms with E-state index >= 15 is 0 Å². The van der Waals surface area contributed by atoms with Gasteiger partial charge in [0.1, 0.15) is 12.4 Å². The molecular weight excluding hydrogens is 376 g/mol. The second kappa shape index (κ2) is 10.9. The molecule has 0 heterocycles. The van der Waals surface area contributed by atoms with Crippen LogP contribution in [0.4, 0.5) is 0 Å². The van der Waals surface area contributed by atoms with E-state index < -0.39 is 19.9 Å². The minimum absolute atomic E-state index is 0. The second-order valence-corrected chi connectivity index (χ2v) is 9.15. The molecule has 0 aliphatic heterocycles. The fraction of sp³-hybridized carbons (Fsp3) is 0.571. The van der Waals surface area contributed by atoms with Crippen molar-refractivity contribution in [2.75, 3.05) is 38.2 Å². The summed E-state index contributed by atoms with van der Waals surface area (Å²) in [6.07, 6.45) is 0.697. The highest BCUT2D eigenvalue weighted by Crippen LogP contribution is 2.16. The first-order valence-electron chi connectivity index (χ1n) is 7.38. The SMILES string of the molecule is CCS(=O)(=O)CCOc1ccc(S(=O)(=O)NCCCNC)cc1.Cl. The highest BCUT2D eigenvalue weighted by atomic mass is 35.5. The summed E-state index contributed by atoms with van der Waals surface area (Å²) in [5.74, 6) is 0.453. The second-order valence-electron chi connectivity index (χ2n) is 4.91. The van der Waals surface area contributed by atoms with Crippen LogP contribution >= 0.6 is 12.4 Å². The van der Waals surface area contributed by atoms with Crippen LogP contribution in [0, 0.1) is 0 Å². The molecule has 0 unspecified atom stereocenters. The van der Waals surface area contributed by atoms with Gasteiger partial charge in [0.25, 0.3) is 0 Å². The Bertz CT molecular complexity index is 676. The van der Waals surface area contributed by atoms with Crippen molar-refractivity contribution in [1.29, 1.82) is 0 Å². The van der Waals surface area contributed by atoms with Gasteiger partial charge < -0.3 is 10.1 Å². The number of sulfonamides is 1. The first-order chi connectivity index (χ1) is 10.8. The molecule has 0 saturated heterocycles. The molecule has 1 rings (SSSR count). The predicted molar refractivity (Wildman–Crippen MR) is 97.2 cm³/mol. The molecule has 0 spiro atoms. The summed E-state index contributed by atoms with van der Waals surface area (Å²) in [6, 6.07) is 5.90. The number of nitrogens with one attached hydrogen (secondary N) is 2. The molecule has 0 bridgehead atoms. The Hall–Kier alpha value is -0.870. The van der Waals surface area contributed by atoms with Crippen molar-refractivity contribution in [2.24, 2.45) is 0 Å². The lowest BCUT2D eigenvalue weighted by Crippen LogP contribution is -2.26. The summed E-state index contributed by atoms with van der Waals surface area (Å²) < 4.78 is 54.6. The molecule has 10 heteroatoms. The number of rotatable bonds is 11. The summed E-state index contributed by atoms with van der Waals surface area (Å²) in [5, 5.41) is 2.94. The molecule has 0 amide bonds. The summed E-state index contributed by atoms with van der Waals surface area (Å²) >= 11 is 0. The van der Waals surface area contributed by atoms with E-state index in [-0.39, 0.29) is 35.4 Å². The largest absolute Gasteiger partial charge is 0.493 e. The Morgan fingerprint density at radius 2 is 1.67 bits per heavy atom. The minimum Gasteiger partial charge on any atom is -0.493 e. The van der Waals surface area contributed by atoms with Gasteiger partial charge in [0.15, 0.2) is 9.84 Å². The van der Waals surface area contributed by atoms with E-state index in [9.17, 15) is 16.8 Å². The monoisotopic (exact) mass is 400 g/mol. The molecular formula is C14H25ClN2O5S2. The molecule has 7 nitrogen and oxygen atoms in total. The molecule has 0 aliphatic carbocycles. The van der Waals surface area contributed by atoms with Crippen molar-refractivity contribution in [1.82, 2.24) is 10.0 Å². The zero-order chi connectivity index (χ0) is 17.3. The van der Waals surface area contributed by atoms with Crippen molar-refractivity contribution in [2.45, 2.75) is 18.2 Å². The van der Waals surface area contributed by atoms with Gasteiger partial charge in [-0.2, -0.15) is 0 Å². The third kappa shape index (κ3) is 8.29. The fourth-order valence-corrected chi connectivity index (χ4v) is 3.40. The van der Waals surface area contributed by atoms with Crippen LogP contribution in [0.1, 0.15) is 13.3 Å². The van der Waals surface area contributed by atoms with E-state index in [0.29, 0.717) is 18.7 Å². The van der Waals surface area contributed by atoms with Gasteiger partial charge in [0.2, 0.25) is 10.0 Å². The number of hydrogen-bond acceptors (Lipinski definition) is 6. The predicted octanol–water partition coefficient (Wildman–Crippen LogP) is 0.810. The minimum atomic E-state index is -3.53. The van der Waals surface area contributed by atoms with Gasteiger partial charge >= 0.3 is 0 Å². The molecule has 0 saturated carbocycles. The topological polar surface area (TPSA) is 102 Å². The Labute approximate surface area is 150 Å². The number of hydrogen-bond donors (Lipinski definition) is 2. The zero-order valence-corrected chi connectivity index (χ0v) is 16.3. The molecule has 0 aliphatic rings. The number of benzene rings is 1. The number of halogens is 1. The summed E-state index contributed by atoms with van der Waals surface area (Å²) in [5.41, 5.74) is 0. The normalized spacial score (nSPS) is 11.8. The molecule has 0 atom stereocenters. The molecule has 140 valence electrons. The third-order valence-electron chi connectivity index (χ3n) is 3.13. The van der Waals surface area contributed by atoms with Gasteiger partial charge in [-0.1, -0.05) is 6.92 Å². The van der Waals surface area contributed by atoms with Crippen LogP contribution in [0.5, 0.6) is 5.75 Å². The Balaban J connectivity index is 0.00000529. The van der Waals surface area contributed by atoms with Crippen molar-refractivity contribution >= 4 is 32.3 Å². The van der Waals surface area contributed by atoms with Crippen LogP contribution in [0.25, 0.3) is 0 Å². The van der Waals surface area contributed by atoms with E-state index in [1.165, 1.54) is 24.3 Å². The third-order valence-corrected chi connectivity index (χ3v) is 6.28. The van der Waals surface area contributed by atoms with Crippen LogP contribution in [-0.2, 0) is 19.9 Å². The van der Waals surface area contributed by atoms with Gasteiger partial charge in [0, 0.05) is 12.3 Å². The molecule has 1 aromatic carbocycles. The standard InChI is InChI=1S/C14H24N2O5S2.ClH/c1-3-22(17,18)12-11-21-13-5-7-14(8-6-13)23(19,20)16-10-4-9-15-2;/h5-8,15-16H,3-4,9-12H2,1-2H3;1H. The van der Waals surface area contributed by atoms with Gasteiger partial charge in [-0.05, 0) is 44.3 Å². The van der Waals surface area contributed by atoms with Crippen molar-refractivity contribution in [3.63, 3.8) is 0 Å². The van der Waals surface area contributed by atoms with Crippen LogP contribution < -0.4 is 14.8 Å². The van der Waals surface area contributed by atoms with Gasteiger partial charge in [0.05, 0.1) is 10.6 Å². The lowest BCUT2D eigenvalue weighted by atomic mass is 10.3. The van der Waals surface area contributed by atoms with E-state index in [1.54, 1.807) is 14.0 Å². The maximum atomic E-state index is 12.0. The van der Waals surface area contributed by atoms with Crippen LogP contribution in [0.3, 0.4) is 0 Å². The number of ether oxygens (including phenoxy) is 1. The molecule has 1 aromatic rings. The first-order valence-corrected chi connectivity index (χ1v) is 10.7. The zero-order valence-electron chi connectivity index (χ0n) is 13.8. The maximum Gasteiger partial charge on any atom is 0.240 e. The highest BCUT2D eigenvalue weighted by Gasteiger charge is 2.13. The van der Waals surface area contributed by atoms with E-state index in [0.717, 1.165) is 6.54 Å². The first kappa shape index (κ1) is 23.1.